The van der Waals surface area contributed by atoms with Crippen LogP contribution in [0, 0.1) is 6.92 Å². The minimum absolute atomic E-state index is 0.422. The molecule has 2 rings (SSSR count). The predicted molar refractivity (Wildman–Crippen MR) is 72.1 cm³/mol. The van der Waals surface area contributed by atoms with Crippen molar-refractivity contribution in [3.05, 3.63) is 35.4 Å². The van der Waals surface area contributed by atoms with Crippen molar-refractivity contribution in [3.63, 3.8) is 0 Å². The molecule has 5 nitrogen and oxygen atoms in total. The highest BCUT2D eigenvalue weighted by Crippen LogP contribution is 2.24. The number of hydrogen-bond donors (Lipinski definition) is 0. The van der Waals surface area contributed by atoms with E-state index in [4.69, 9.17) is 9.68 Å². The largest absolute Gasteiger partial charge is 0.381 e. The van der Waals surface area contributed by atoms with E-state index < -0.39 is 11.6 Å². The van der Waals surface area contributed by atoms with E-state index in [0.29, 0.717) is 6.42 Å². The molecule has 0 saturated heterocycles. The highest BCUT2D eigenvalue weighted by atomic mass is 16.7. The van der Waals surface area contributed by atoms with Gasteiger partial charge in [-0.05, 0) is 31.9 Å². The van der Waals surface area contributed by atoms with Gasteiger partial charge < -0.3 is 9.68 Å². The topological polar surface area (TPSA) is 60.2 Å². The van der Waals surface area contributed by atoms with Crippen molar-refractivity contribution in [1.29, 1.82) is 0 Å². The zero-order chi connectivity index (χ0) is 13.9. The van der Waals surface area contributed by atoms with E-state index in [1.54, 1.807) is 13.8 Å². The third-order valence-electron chi connectivity index (χ3n) is 2.94. The Morgan fingerprint density at radius 1 is 1.47 bits per heavy atom. The summed E-state index contributed by atoms with van der Waals surface area (Å²) in [4.78, 5) is 21.8. The second kappa shape index (κ2) is 5.22. The molecule has 5 heteroatoms. The lowest BCUT2D eigenvalue weighted by Crippen LogP contribution is -2.36. The molecule has 1 aliphatic rings. The standard InChI is InChI=1S/C14H16N2O3/c1-10-6-4-5-7-12(10)9-15-18-13(17)14(3)8-11(2)16-19-14/h4-7,9H,8H2,1-3H3/b15-9+. The van der Waals surface area contributed by atoms with Gasteiger partial charge in [0.2, 0.25) is 5.60 Å². The molecule has 1 atom stereocenters. The molecule has 0 N–H and O–H groups in total. The number of oxime groups is 2. The maximum absolute atomic E-state index is 11.9. The first-order chi connectivity index (χ1) is 9.01. The summed E-state index contributed by atoms with van der Waals surface area (Å²) < 4.78 is 0. The van der Waals surface area contributed by atoms with E-state index in [2.05, 4.69) is 10.3 Å². The summed E-state index contributed by atoms with van der Waals surface area (Å²) in [6.45, 7) is 5.40. The summed E-state index contributed by atoms with van der Waals surface area (Å²) in [5.74, 6) is -0.544. The third kappa shape index (κ3) is 2.99. The van der Waals surface area contributed by atoms with Crippen LogP contribution in [0.15, 0.2) is 34.6 Å². The maximum atomic E-state index is 11.9. The molecule has 0 aromatic heterocycles. The van der Waals surface area contributed by atoms with Gasteiger partial charge in [-0.25, -0.2) is 4.79 Å². The van der Waals surface area contributed by atoms with Crippen LogP contribution in [0.3, 0.4) is 0 Å². The van der Waals surface area contributed by atoms with Crippen LogP contribution in [0.4, 0.5) is 0 Å². The monoisotopic (exact) mass is 260 g/mol. The Balaban J connectivity index is 1.96. The molecule has 0 radical (unpaired) electrons. The van der Waals surface area contributed by atoms with Crippen LogP contribution >= 0.6 is 0 Å². The van der Waals surface area contributed by atoms with Crippen molar-refractivity contribution in [2.24, 2.45) is 10.3 Å². The average molecular weight is 260 g/mol. The van der Waals surface area contributed by atoms with Gasteiger partial charge in [-0.1, -0.05) is 34.6 Å². The van der Waals surface area contributed by atoms with Gasteiger partial charge in [0.1, 0.15) is 0 Å². The van der Waals surface area contributed by atoms with Gasteiger partial charge in [-0.15, -0.1) is 0 Å². The van der Waals surface area contributed by atoms with Gasteiger partial charge in [0.05, 0.1) is 11.9 Å². The van der Waals surface area contributed by atoms with Gasteiger partial charge >= 0.3 is 5.97 Å². The van der Waals surface area contributed by atoms with Crippen LogP contribution in [0.5, 0.6) is 0 Å². The quantitative estimate of drug-likeness (QED) is 0.476. The maximum Gasteiger partial charge on any atom is 0.381 e. The minimum atomic E-state index is -1.06. The van der Waals surface area contributed by atoms with Crippen LogP contribution in [-0.2, 0) is 14.5 Å². The van der Waals surface area contributed by atoms with Crippen LogP contribution in [0.25, 0.3) is 0 Å². The lowest BCUT2D eigenvalue weighted by atomic mass is 10.0. The first-order valence-corrected chi connectivity index (χ1v) is 6.03. The van der Waals surface area contributed by atoms with E-state index in [9.17, 15) is 4.79 Å². The number of benzene rings is 1. The number of nitrogens with zero attached hydrogens (tertiary/aromatic N) is 2. The summed E-state index contributed by atoms with van der Waals surface area (Å²) in [5.41, 5.74) is 1.67. The van der Waals surface area contributed by atoms with Crippen LogP contribution in [0.2, 0.25) is 0 Å². The Morgan fingerprint density at radius 3 is 2.84 bits per heavy atom. The number of aryl methyl sites for hydroxylation is 1. The second-order valence-electron chi connectivity index (χ2n) is 4.80. The Morgan fingerprint density at radius 2 is 2.21 bits per heavy atom. The number of rotatable bonds is 3. The molecule has 1 heterocycles. The molecule has 1 unspecified atom stereocenters. The zero-order valence-corrected chi connectivity index (χ0v) is 11.2. The molecule has 1 aromatic carbocycles. The van der Waals surface area contributed by atoms with Crippen molar-refractivity contribution in [2.75, 3.05) is 0 Å². The van der Waals surface area contributed by atoms with E-state index in [1.165, 1.54) is 6.21 Å². The van der Waals surface area contributed by atoms with E-state index >= 15 is 0 Å². The Hall–Kier alpha value is -2.17. The highest BCUT2D eigenvalue weighted by molar-refractivity contribution is 5.92. The fourth-order valence-electron chi connectivity index (χ4n) is 1.80. The summed E-state index contributed by atoms with van der Waals surface area (Å²) in [6.07, 6.45) is 1.94. The normalized spacial score (nSPS) is 22.2. The number of carbonyl (C=O) groups is 1. The molecular weight excluding hydrogens is 244 g/mol. The van der Waals surface area contributed by atoms with Crippen LogP contribution < -0.4 is 0 Å². The SMILES string of the molecule is CC1=NOC(C)(C(=O)O/N=C/c2ccccc2C)C1. The Labute approximate surface area is 111 Å². The smallest absolute Gasteiger partial charge is 0.377 e. The van der Waals surface area contributed by atoms with E-state index in [0.717, 1.165) is 16.8 Å². The highest BCUT2D eigenvalue weighted by Gasteiger charge is 2.42. The predicted octanol–water partition coefficient (Wildman–Crippen LogP) is 2.43. The molecule has 0 saturated carbocycles. The summed E-state index contributed by atoms with van der Waals surface area (Å²) >= 11 is 0. The number of carbonyl (C=O) groups excluding carboxylic acids is 1. The minimum Gasteiger partial charge on any atom is -0.377 e. The summed E-state index contributed by atoms with van der Waals surface area (Å²) in [7, 11) is 0. The van der Waals surface area contributed by atoms with Gasteiger partial charge in [0.25, 0.3) is 0 Å². The lowest BCUT2D eigenvalue weighted by Gasteiger charge is -2.16. The van der Waals surface area contributed by atoms with Gasteiger partial charge in [-0.3, -0.25) is 0 Å². The second-order valence-corrected chi connectivity index (χ2v) is 4.80. The van der Waals surface area contributed by atoms with Crippen LogP contribution in [-0.4, -0.2) is 23.5 Å². The molecular formula is C14H16N2O3. The first-order valence-electron chi connectivity index (χ1n) is 6.03. The third-order valence-corrected chi connectivity index (χ3v) is 2.94. The first kappa shape index (κ1) is 13.3. The van der Waals surface area contributed by atoms with Crippen molar-refractivity contribution >= 4 is 17.9 Å². The van der Waals surface area contributed by atoms with Crippen molar-refractivity contribution < 1.29 is 14.5 Å². The Kier molecular flexibility index (Phi) is 3.64. The zero-order valence-electron chi connectivity index (χ0n) is 11.2. The van der Waals surface area contributed by atoms with Gasteiger partial charge in [0.15, 0.2) is 0 Å². The van der Waals surface area contributed by atoms with Crippen molar-refractivity contribution in [1.82, 2.24) is 0 Å². The van der Waals surface area contributed by atoms with E-state index in [1.807, 2.05) is 31.2 Å². The Bertz CT molecular complexity index is 551. The average Bonchev–Trinajstić information content (AvgIpc) is 2.73. The van der Waals surface area contributed by atoms with Gasteiger partial charge in [0, 0.05) is 6.42 Å². The lowest BCUT2D eigenvalue weighted by molar-refractivity contribution is -0.167. The van der Waals surface area contributed by atoms with E-state index in [-0.39, 0.29) is 0 Å². The number of hydrogen-bond acceptors (Lipinski definition) is 5. The molecule has 0 aliphatic carbocycles. The fourth-order valence-corrected chi connectivity index (χ4v) is 1.80. The molecule has 0 spiro atoms. The van der Waals surface area contributed by atoms with Crippen molar-refractivity contribution in [3.8, 4) is 0 Å². The molecule has 1 aliphatic heterocycles. The van der Waals surface area contributed by atoms with Crippen molar-refractivity contribution in [2.45, 2.75) is 32.8 Å². The molecule has 1 aromatic rings. The van der Waals surface area contributed by atoms with Gasteiger partial charge in [-0.2, -0.15) is 0 Å². The molecule has 0 bridgehead atoms. The van der Waals surface area contributed by atoms with Crippen LogP contribution in [0.1, 0.15) is 31.4 Å². The molecule has 19 heavy (non-hydrogen) atoms. The molecule has 0 amide bonds. The molecule has 0 fully saturated rings. The summed E-state index contributed by atoms with van der Waals surface area (Å²) in [5, 5.41) is 7.47. The summed E-state index contributed by atoms with van der Waals surface area (Å²) in [6, 6.07) is 7.69. The molecule has 100 valence electrons. The fraction of sp³-hybridized carbons (Fsp3) is 0.357.